The fraction of sp³-hybridized carbons (Fsp3) is 0.120. The predicted molar refractivity (Wildman–Crippen MR) is 131 cm³/mol. The molecule has 0 aliphatic carbocycles. The van der Waals surface area contributed by atoms with Crippen molar-refractivity contribution in [1.82, 2.24) is 24.3 Å². The number of imidazole rings is 1. The second-order valence-electron chi connectivity index (χ2n) is 7.45. The Morgan fingerprint density at radius 1 is 0.939 bits per heavy atom. The highest BCUT2D eigenvalue weighted by molar-refractivity contribution is 7.99. The van der Waals surface area contributed by atoms with Crippen LogP contribution in [-0.2, 0) is 11.2 Å². The van der Waals surface area contributed by atoms with Gasteiger partial charge in [-0.05, 0) is 54.4 Å². The van der Waals surface area contributed by atoms with Crippen molar-refractivity contribution in [3.63, 3.8) is 0 Å². The first-order chi connectivity index (χ1) is 16.2. The zero-order valence-corrected chi connectivity index (χ0v) is 18.9. The normalized spacial score (nSPS) is 11.1. The average molecular weight is 455 g/mol. The SMILES string of the molecule is CCc1ccccc1-n1cnnc1SCC(=O)Nc1ccc(-n2cnc3ccccc32)cc1. The van der Waals surface area contributed by atoms with Crippen molar-refractivity contribution in [2.24, 2.45) is 0 Å². The Labute approximate surface area is 195 Å². The van der Waals surface area contributed by atoms with Gasteiger partial charge in [0.05, 0.1) is 22.5 Å². The first-order valence-electron chi connectivity index (χ1n) is 10.7. The van der Waals surface area contributed by atoms with Crippen molar-refractivity contribution in [2.45, 2.75) is 18.5 Å². The molecule has 0 unspecified atom stereocenters. The largest absolute Gasteiger partial charge is 0.325 e. The number of thioether (sulfide) groups is 1. The number of hydrogen-bond acceptors (Lipinski definition) is 5. The fourth-order valence-electron chi connectivity index (χ4n) is 3.73. The van der Waals surface area contributed by atoms with E-state index in [1.54, 1.807) is 6.33 Å². The molecule has 0 atom stereocenters. The standard InChI is InChI=1S/C25H22N6OS/c1-2-18-7-3-5-9-22(18)31-17-27-29-25(31)33-15-24(32)28-19-11-13-20(14-12-19)30-16-26-21-8-4-6-10-23(21)30/h3-14,16-17H,2,15H2,1H3,(H,28,32). The Morgan fingerprint density at radius 2 is 1.73 bits per heavy atom. The average Bonchev–Trinajstić information content (AvgIpc) is 3.50. The molecule has 7 nitrogen and oxygen atoms in total. The number of anilines is 1. The number of amides is 1. The van der Waals surface area contributed by atoms with E-state index < -0.39 is 0 Å². The van der Waals surface area contributed by atoms with E-state index in [9.17, 15) is 4.79 Å². The molecule has 0 fully saturated rings. The van der Waals surface area contributed by atoms with Crippen LogP contribution in [0, 0.1) is 0 Å². The molecule has 5 rings (SSSR count). The van der Waals surface area contributed by atoms with Gasteiger partial charge >= 0.3 is 0 Å². The van der Waals surface area contributed by atoms with Gasteiger partial charge in [-0.25, -0.2) is 4.98 Å². The number of benzene rings is 3. The monoisotopic (exact) mass is 454 g/mol. The lowest BCUT2D eigenvalue weighted by molar-refractivity contribution is -0.113. The van der Waals surface area contributed by atoms with Gasteiger partial charge in [0.25, 0.3) is 0 Å². The summed E-state index contributed by atoms with van der Waals surface area (Å²) in [6.45, 7) is 2.12. The van der Waals surface area contributed by atoms with E-state index in [0.717, 1.165) is 34.5 Å². The maximum Gasteiger partial charge on any atom is 0.234 e. The first-order valence-corrected chi connectivity index (χ1v) is 11.6. The Bertz CT molecular complexity index is 1410. The highest BCUT2D eigenvalue weighted by Gasteiger charge is 2.12. The van der Waals surface area contributed by atoms with Crippen LogP contribution in [0.4, 0.5) is 5.69 Å². The first kappa shape index (κ1) is 21.0. The number of para-hydroxylation sites is 3. The van der Waals surface area contributed by atoms with Gasteiger partial charge in [0.2, 0.25) is 5.91 Å². The smallest absolute Gasteiger partial charge is 0.234 e. The van der Waals surface area contributed by atoms with Crippen LogP contribution in [0.1, 0.15) is 12.5 Å². The lowest BCUT2D eigenvalue weighted by atomic mass is 10.1. The summed E-state index contributed by atoms with van der Waals surface area (Å²) in [6, 6.07) is 23.9. The van der Waals surface area contributed by atoms with Gasteiger partial charge in [-0.15, -0.1) is 10.2 Å². The van der Waals surface area contributed by atoms with Crippen molar-refractivity contribution in [1.29, 1.82) is 0 Å². The van der Waals surface area contributed by atoms with Crippen molar-refractivity contribution >= 4 is 34.4 Å². The van der Waals surface area contributed by atoms with Crippen LogP contribution in [0.15, 0.2) is 90.6 Å². The lowest BCUT2D eigenvalue weighted by Gasteiger charge is -2.11. The molecule has 0 aliphatic rings. The Balaban J connectivity index is 1.24. The summed E-state index contributed by atoms with van der Waals surface area (Å²) in [6.07, 6.45) is 4.40. The third-order valence-electron chi connectivity index (χ3n) is 5.36. The molecule has 3 aromatic carbocycles. The van der Waals surface area contributed by atoms with Gasteiger partial charge in [0.15, 0.2) is 5.16 Å². The van der Waals surface area contributed by atoms with Crippen LogP contribution >= 0.6 is 11.8 Å². The molecule has 0 bridgehead atoms. The lowest BCUT2D eigenvalue weighted by Crippen LogP contribution is -2.14. The second-order valence-corrected chi connectivity index (χ2v) is 8.40. The van der Waals surface area contributed by atoms with E-state index in [2.05, 4.69) is 33.5 Å². The number of nitrogens with zero attached hydrogens (tertiary/aromatic N) is 5. The number of fused-ring (bicyclic) bond motifs is 1. The summed E-state index contributed by atoms with van der Waals surface area (Å²) < 4.78 is 3.96. The van der Waals surface area contributed by atoms with E-state index in [1.807, 2.05) is 82.2 Å². The number of rotatable bonds is 7. The summed E-state index contributed by atoms with van der Waals surface area (Å²) in [7, 11) is 0. The molecule has 164 valence electrons. The molecule has 2 heterocycles. The van der Waals surface area contributed by atoms with Crippen LogP contribution < -0.4 is 5.32 Å². The van der Waals surface area contributed by atoms with Crippen molar-refractivity contribution in [3.8, 4) is 11.4 Å². The number of hydrogen-bond donors (Lipinski definition) is 1. The minimum atomic E-state index is -0.0980. The van der Waals surface area contributed by atoms with E-state index in [1.165, 1.54) is 17.3 Å². The van der Waals surface area contributed by atoms with Gasteiger partial charge < -0.3 is 5.32 Å². The van der Waals surface area contributed by atoms with Crippen LogP contribution in [-0.4, -0.2) is 36.0 Å². The number of aryl methyl sites for hydroxylation is 1. The van der Waals surface area contributed by atoms with Crippen LogP contribution in [0.2, 0.25) is 0 Å². The van der Waals surface area contributed by atoms with Crippen molar-refractivity contribution < 1.29 is 4.79 Å². The van der Waals surface area contributed by atoms with Gasteiger partial charge in [0.1, 0.15) is 12.7 Å². The summed E-state index contributed by atoms with van der Waals surface area (Å²) in [4.78, 5) is 17.0. The van der Waals surface area contributed by atoms with Gasteiger partial charge in [0, 0.05) is 11.4 Å². The van der Waals surface area contributed by atoms with E-state index in [4.69, 9.17) is 0 Å². The summed E-state index contributed by atoms with van der Waals surface area (Å²) >= 11 is 1.36. The van der Waals surface area contributed by atoms with Crippen LogP contribution in [0.5, 0.6) is 0 Å². The van der Waals surface area contributed by atoms with Gasteiger partial charge in [-0.3, -0.25) is 13.9 Å². The van der Waals surface area contributed by atoms with Crippen LogP contribution in [0.25, 0.3) is 22.4 Å². The molecular formula is C25H22N6OS. The maximum atomic E-state index is 12.6. The highest BCUT2D eigenvalue weighted by Crippen LogP contribution is 2.23. The number of carbonyl (C=O) groups is 1. The third kappa shape index (κ3) is 4.38. The molecule has 1 N–H and O–H groups in total. The minimum absolute atomic E-state index is 0.0980. The Kier molecular flexibility index (Phi) is 5.91. The number of carbonyl (C=O) groups excluding carboxylic acids is 1. The topological polar surface area (TPSA) is 77.6 Å². The molecule has 0 saturated carbocycles. The molecule has 0 radical (unpaired) electrons. The van der Waals surface area contributed by atoms with Gasteiger partial charge in [-0.2, -0.15) is 0 Å². The Morgan fingerprint density at radius 3 is 2.58 bits per heavy atom. The zero-order valence-electron chi connectivity index (χ0n) is 18.0. The maximum absolute atomic E-state index is 12.6. The van der Waals surface area contributed by atoms with Crippen molar-refractivity contribution in [3.05, 3.63) is 91.0 Å². The molecule has 33 heavy (non-hydrogen) atoms. The molecule has 0 aliphatic heterocycles. The number of nitrogens with one attached hydrogen (secondary N) is 1. The van der Waals surface area contributed by atoms with E-state index in [-0.39, 0.29) is 11.7 Å². The van der Waals surface area contributed by atoms with Gasteiger partial charge in [-0.1, -0.05) is 49.0 Å². The molecule has 1 amide bonds. The molecule has 5 aromatic rings. The molecule has 2 aromatic heterocycles. The van der Waals surface area contributed by atoms with Crippen molar-refractivity contribution in [2.75, 3.05) is 11.1 Å². The minimum Gasteiger partial charge on any atom is -0.325 e. The fourth-order valence-corrected chi connectivity index (χ4v) is 4.45. The van der Waals surface area contributed by atoms with E-state index in [0.29, 0.717) is 5.16 Å². The second kappa shape index (κ2) is 9.30. The summed E-state index contributed by atoms with van der Waals surface area (Å²) in [5, 5.41) is 11.9. The molecule has 0 saturated heterocycles. The number of aromatic nitrogens is 5. The highest BCUT2D eigenvalue weighted by atomic mass is 32.2. The summed E-state index contributed by atoms with van der Waals surface area (Å²) in [5.41, 5.74) is 5.95. The predicted octanol–water partition coefficient (Wildman–Crippen LogP) is 4.90. The van der Waals surface area contributed by atoms with Crippen LogP contribution in [0.3, 0.4) is 0 Å². The Hall–Kier alpha value is -3.91. The zero-order chi connectivity index (χ0) is 22.6. The third-order valence-corrected chi connectivity index (χ3v) is 6.31. The molecular weight excluding hydrogens is 432 g/mol. The van der Waals surface area contributed by atoms with E-state index >= 15 is 0 Å². The molecule has 8 heteroatoms. The quantitative estimate of drug-likeness (QED) is 0.354. The summed E-state index contributed by atoms with van der Waals surface area (Å²) in [5.74, 6) is 0.139. The molecule has 0 spiro atoms.